The van der Waals surface area contributed by atoms with E-state index >= 15 is 0 Å². The van der Waals surface area contributed by atoms with Gasteiger partial charge in [0.2, 0.25) is 12.2 Å². The van der Waals surface area contributed by atoms with Crippen LogP contribution in [-0.2, 0) is 9.59 Å². The summed E-state index contributed by atoms with van der Waals surface area (Å²) in [6.45, 7) is 8.60. The van der Waals surface area contributed by atoms with Gasteiger partial charge in [0.1, 0.15) is 0 Å². The molecule has 136 valence electrons. The Kier molecular flexibility index (Phi) is 8.59. The Morgan fingerprint density at radius 2 is 1.75 bits per heavy atom. The van der Waals surface area contributed by atoms with Crippen molar-refractivity contribution in [2.75, 3.05) is 0 Å². The first-order chi connectivity index (χ1) is 11.4. The van der Waals surface area contributed by atoms with E-state index in [9.17, 15) is 9.59 Å². The van der Waals surface area contributed by atoms with Gasteiger partial charge in [-0.1, -0.05) is 52.9 Å². The third-order valence-electron chi connectivity index (χ3n) is 5.42. The van der Waals surface area contributed by atoms with Crippen molar-refractivity contribution in [2.45, 2.75) is 103 Å². The number of unbranched alkanes of at least 4 members (excludes halogenated alkanes) is 1. The molecule has 0 saturated heterocycles. The molecule has 0 N–H and O–H groups in total. The van der Waals surface area contributed by atoms with E-state index in [0.717, 1.165) is 44.9 Å². The number of isocyanates is 2. The third-order valence-corrected chi connectivity index (χ3v) is 5.42. The Morgan fingerprint density at radius 1 is 1.08 bits per heavy atom. The third kappa shape index (κ3) is 7.11. The van der Waals surface area contributed by atoms with Crippen LogP contribution in [0.25, 0.3) is 0 Å². The largest absolute Gasteiger partial charge is 0.235 e. The first kappa shape index (κ1) is 20.8. The fourth-order valence-electron chi connectivity index (χ4n) is 4.43. The van der Waals surface area contributed by atoms with Crippen LogP contribution in [0, 0.1) is 11.3 Å². The van der Waals surface area contributed by atoms with Crippen LogP contribution < -0.4 is 0 Å². The zero-order valence-electron chi connectivity index (χ0n) is 15.9. The highest BCUT2D eigenvalue weighted by atomic mass is 16.1. The quantitative estimate of drug-likeness (QED) is 0.399. The second-order valence-corrected chi connectivity index (χ2v) is 8.53. The molecule has 1 aliphatic rings. The van der Waals surface area contributed by atoms with Gasteiger partial charge in [-0.25, -0.2) is 14.6 Å². The van der Waals surface area contributed by atoms with Crippen LogP contribution in [-0.4, -0.2) is 23.7 Å². The molecule has 0 amide bonds. The summed E-state index contributed by atoms with van der Waals surface area (Å²) in [5.41, 5.74) is -0.408. The Hall–Kier alpha value is -1.24. The molecule has 1 aliphatic carbocycles. The fourth-order valence-corrected chi connectivity index (χ4v) is 4.43. The van der Waals surface area contributed by atoms with Gasteiger partial charge in [-0.2, -0.15) is 4.99 Å². The van der Waals surface area contributed by atoms with Crippen molar-refractivity contribution in [2.24, 2.45) is 21.3 Å². The number of hydrogen-bond acceptors (Lipinski definition) is 4. The van der Waals surface area contributed by atoms with Crippen LogP contribution in [0.4, 0.5) is 0 Å². The summed E-state index contributed by atoms with van der Waals surface area (Å²) in [5.74, 6) is 0.496. The molecule has 0 aliphatic heterocycles. The van der Waals surface area contributed by atoms with Crippen molar-refractivity contribution >= 4 is 12.2 Å². The lowest BCUT2D eigenvalue weighted by Crippen LogP contribution is -2.34. The Labute approximate surface area is 147 Å². The maximum absolute atomic E-state index is 10.9. The molecule has 1 saturated carbocycles. The molecule has 4 nitrogen and oxygen atoms in total. The van der Waals surface area contributed by atoms with Gasteiger partial charge in [0.25, 0.3) is 0 Å². The minimum atomic E-state index is -0.372. The van der Waals surface area contributed by atoms with Crippen molar-refractivity contribution in [3.05, 3.63) is 0 Å². The summed E-state index contributed by atoms with van der Waals surface area (Å²) in [4.78, 5) is 30.1. The molecule has 0 aromatic heterocycles. The lowest BCUT2D eigenvalue weighted by molar-refractivity contribution is 0.176. The summed E-state index contributed by atoms with van der Waals surface area (Å²) in [5, 5.41) is 0. The topological polar surface area (TPSA) is 58.9 Å². The number of hydrogen-bond donors (Lipinski definition) is 0. The summed E-state index contributed by atoms with van der Waals surface area (Å²) >= 11 is 0. The van der Waals surface area contributed by atoms with Crippen LogP contribution in [0.5, 0.6) is 0 Å². The minimum Gasteiger partial charge on any atom is -0.211 e. The van der Waals surface area contributed by atoms with Gasteiger partial charge in [0, 0.05) is 0 Å². The Balaban J connectivity index is 2.82. The summed E-state index contributed by atoms with van der Waals surface area (Å²) in [6.07, 6.45) is 14.3. The van der Waals surface area contributed by atoms with E-state index in [-0.39, 0.29) is 17.0 Å². The molecule has 24 heavy (non-hydrogen) atoms. The first-order valence-corrected chi connectivity index (χ1v) is 9.52. The maximum Gasteiger partial charge on any atom is 0.235 e. The molecule has 0 bridgehead atoms. The maximum atomic E-state index is 10.9. The van der Waals surface area contributed by atoms with E-state index in [1.54, 1.807) is 12.2 Å². The van der Waals surface area contributed by atoms with Crippen molar-refractivity contribution in [3.8, 4) is 0 Å². The lowest BCUT2D eigenvalue weighted by atomic mass is 9.71. The van der Waals surface area contributed by atoms with Gasteiger partial charge in [-0.15, -0.1) is 0 Å². The molecule has 4 heteroatoms. The number of rotatable bonds is 10. The number of nitrogens with zero attached hydrogens (tertiary/aromatic N) is 2. The smallest absolute Gasteiger partial charge is 0.211 e. The number of carbonyl (C=O) groups excluding carboxylic acids is 2. The molecule has 0 aromatic rings. The molecule has 2 unspecified atom stereocenters. The predicted molar refractivity (Wildman–Crippen MR) is 97.6 cm³/mol. The first-order valence-electron chi connectivity index (χ1n) is 9.52. The van der Waals surface area contributed by atoms with Gasteiger partial charge < -0.3 is 0 Å². The second kappa shape index (κ2) is 9.91. The zero-order valence-corrected chi connectivity index (χ0v) is 15.9. The predicted octanol–water partition coefficient (Wildman–Crippen LogP) is 5.36. The molecule has 0 aromatic carbocycles. The van der Waals surface area contributed by atoms with E-state index in [0.29, 0.717) is 5.92 Å². The summed E-state index contributed by atoms with van der Waals surface area (Å²) in [6, 6.07) is 0.0495. The van der Waals surface area contributed by atoms with E-state index in [1.165, 1.54) is 19.3 Å². The average molecular weight is 335 g/mol. The normalized spacial score (nSPS) is 19.7. The number of aliphatic imine (C=N–C) groups is 2. The fraction of sp³-hybridized carbons (Fsp3) is 0.900. The highest BCUT2D eigenvalue weighted by molar-refractivity contribution is 5.35. The zero-order chi connectivity index (χ0) is 18.1. The molecular weight excluding hydrogens is 300 g/mol. The second-order valence-electron chi connectivity index (χ2n) is 8.53. The van der Waals surface area contributed by atoms with E-state index in [1.807, 2.05) is 6.92 Å². The molecule has 0 heterocycles. The van der Waals surface area contributed by atoms with Crippen molar-refractivity contribution < 1.29 is 9.59 Å². The van der Waals surface area contributed by atoms with Crippen LogP contribution in [0.3, 0.4) is 0 Å². The molecule has 0 radical (unpaired) electrons. The van der Waals surface area contributed by atoms with E-state index in [4.69, 9.17) is 0 Å². The molecule has 1 fully saturated rings. The van der Waals surface area contributed by atoms with Crippen LogP contribution in [0.15, 0.2) is 9.98 Å². The average Bonchev–Trinajstić information content (AvgIpc) is 2.53. The molecule has 0 spiro atoms. The molecular formula is C20H34N2O2. The van der Waals surface area contributed by atoms with Crippen LogP contribution in [0.2, 0.25) is 0 Å². The summed E-state index contributed by atoms with van der Waals surface area (Å²) in [7, 11) is 0. The Bertz CT molecular complexity index is 470. The van der Waals surface area contributed by atoms with Crippen molar-refractivity contribution in [1.29, 1.82) is 0 Å². The van der Waals surface area contributed by atoms with Gasteiger partial charge in [0.05, 0.1) is 11.6 Å². The van der Waals surface area contributed by atoms with Crippen molar-refractivity contribution in [3.63, 3.8) is 0 Å². The van der Waals surface area contributed by atoms with Crippen molar-refractivity contribution in [1.82, 2.24) is 0 Å². The summed E-state index contributed by atoms with van der Waals surface area (Å²) < 4.78 is 0. The molecule has 1 rings (SSSR count). The lowest BCUT2D eigenvalue weighted by Gasteiger charge is -2.37. The van der Waals surface area contributed by atoms with E-state index in [2.05, 4.69) is 30.8 Å². The molecule has 2 atom stereocenters. The SMILES string of the molecule is CCCCC(C)(CC(C)(C)CC(N=C=O)C1CCCCC1)N=C=O. The Morgan fingerprint density at radius 3 is 2.29 bits per heavy atom. The van der Waals surface area contributed by atoms with Gasteiger partial charge in [0.15, 0.2) is 0 Å². The minimum absolute atomic E-state index is 0.0364. The van der Waals surface area contributed by atoms with Crippen LogP contribution in [0.1, 0.15) is 91.9 Å². The van der Waals surface area contributed by atoms with Gasteiger partial charge in [-0.3, -0.25) is 0 Å². The van der Waals surface area contributed by atoms with E-state index < -0.39 is 0 Å². The highest BCUT2D eigenvalue weighted by Gasteiger charge is 2.36. The standard InChI is InChI=1S/C20H34N2O2/c1-5-6-12-20(4,22-16-24)14-19(2,3)13-18(21-15-23)17-10-8-7-9-11-17/h17-18H,5-14H2,1-4H3. The monoisotopic (exact) mass is 334 g/mol. The van der Waals surface area contributed by atoms with Crippen LogP contribution >= 0.6 is 0 Å². The highest BCUT2D eigenvalue weighted by Crippen LogP contribution is 2.40. The van der Waals surface area contributed by atoms with Gasteiger partial charge >= 0.3 is 0 Å². The van der Waals surface area contributed by atoms with Gasteiger partial charge in [-0.05, 0) is 50.4 Å².